The third-order valence-corrected chi connectivity index (χ3v) is 1.80. The first-order valence-electron chi connectivity index (χ1n) is 3.64. The maximum Gasteiger partial charge on any atom is 0.335 e. The van der Waals surface area contributed by atoms with E-state index in [0.717, 1.165) is 0 Å². The van der Waals surface area contributed by atoms with Crippen molar-refractivity contribution in [2.24, 2.45) is 0 Å². The molecule has 0 aliphatic carbocycles. The molecule has 0 fully saturated rings. The van der Waals surface area contributed by atoms with E-state index in [9.17, 15) is 4.79 Å². The fraction of sp³-hybridized carbons (Fsp3) is 0. The molecule has 0 radical (unpaired) electrons. The molecule has 2 heterocycles. The topological polar surface area (TPSA) is 80.6 Å². The molecule has 5 nitrogen and oxygen atoms in total. The van der Waals surface area contributed by atoms with Crippen LogP contribution in [0.5, 0.6) is 0 Å². The number of anilines is 1. The van der Waals surface area contributed by atoms with Gasteiger partial charge in [0.15, 0.2) is 0 Å². The molecule has 0 aromatic carbocycles. The fourth-order valence-corrected chi connectivity index (χ4v) is 1.13. The van der Waals surface area contributed by atoms with Crippen molar-refractivity contribution >= 4 is 29.6 Å². The van der Waals surface area contributed by atoms with Crippen LogP contribution in [0, 0.1) is 0 Å². The maximum absolute atomic E-state index is 10.6. The minimum absolute atomic E-state index is 0. The molecule has 2 aromatic heterocycles. The summed E-state index contributed by atoms with van der Waals surface area (Å²) in [6.45, 7) is 0. The zero-order valence-corrected chi connectivity index (χ0v) is 7.86. The molecule has 0 atom stereocenters. The molecule has 3 N–H and O–H groups in total. The number of rotatable bonds is 1. The second kappa shape index (κ2) is 3.55. The van der Waals surface area contributed by atoms with Gasteiger partial charge in [0.1, 0.15) is 0 Å². The number of fused-ring (bicyclic) bond motifs is 1. The van der Waals surface area contributed by atoms with Crippen molar-refractivity contribution in [2.45, 2.75) is 0 Å². The first-order valence-corrected chi connectivity index (χ1v) is 3.64. The summed E-state index contributed by atoms with van der Waals surface area (Å²) in [6, 6.07) is 2.96. The number of nitrogens with two attached hydrogens (primary N) is 1. The van der Waals surface area contributed by atoms with E-state index in [1.54, 1.807) is 6.20 Å². The van der Waals surface area contributed by atoms with Gasteiger partial charge in [0.05, 0.1) is 23.0 Å². The monoisotopic (exact) mass is 213 g/mol. The number of pyridine rings is 1. The molecule has 0 saturated heterocycles. The standard InChI is InChI=1S/C8H7N3O2.ClH/c9-6-4-10-11-2-1-5(8(12)13)3-7(6)11;/h1-4H,9H2,(H,12,13);1H. The van der Waals surface area contributed by atoms with E-state index in [1.165, 1.54) is 22.8 Å². The maximum atomic E-state index is 10.6. The number of nitrogen functional groups attached to an aromatic ring is 1. The SMILES string of the molecule is Cl.Nc1cnn2ccc(C(=O)O)cc12. The predicted molar refractivity (Wildman–Crippen MR) is 53.8 cm³/mol. The molecule has 0 unspecified atom stereocenters. The van der Waals surface area contributed by atoms with Crippen LogP contribution in [0.4, 0.5) is 5.69 Å². The van der Waals surface area contributed by atoms with Crippen LogP contribution in [0.2, 0.25) is 0 Å². The molecule has 0 aliphatic rings. The lowest BCUT2D eigenvalue weighted by molar-refractivity contribution is 0.0697. The predicted octanol–water partition coefficient (Wildman–Crippen LogP) is 1.04. The zero-order valence-electron chi connectivity index (χ0n) is 7.04. The highest BCUT2D eigenvalue weighted by atomic mass is 35.5. The molecule has 74 valence electrons. The van der Waals surface area contributed by atoms with Crippen molar-refractivity contribution in [3.05, 3.63) is 30.1 Å². The Morgan fingerprint density at radius 2 is 2.29 bits per heavy atom. The summed E-state index contributed by atoms with van der Waals surface area (Å²) in [5, 5.41) is 12.6. The van der Waals surface area contributed by atoms with Gasteiger partial charge in [-0.3, -0.25) is 0 Å². The number of aromatic nitrogens is 2. The van der Waals surface area contributed by atoms with Crippen LogP contribution in [0.15, 0.2) is 24.5 Å². The number of halogens is 1. The van der Waals surface area contributed by atoms with Gasteiger partial charge in [-0.1, -0.05) is 0 Å². The highest BCUT2D eigenvalue weighted by Gasteiger charge is 2.05. The van der Waals surface area contributed by atoms with Crippen molar-refractivity contribution in [3.63, 3.8) is 0 Å². The molecule has 0 amide bonds. The highest BCUT2D eigenvalue weighted by molar-refractivity contribution is 5.90. The van der Waals surface area contributed by atoms with Gasteiger partial charge in [-0.2, -0.15) is 5.10 Å². The van der Waals surface area contributed by atoms with Gasteiger partial charge in [0, 0.05) is 6.20 Å². The molecule has 0 saturated carbocycles. The molecule has 14 heavy (non-hydrogen) atoms. The van der Waals surface area contributed by atoms with E-state index in [1.807, 2.05) is 0 Å². The minimum Gasteiger partial charge on any atom is -0.478 e. The lowest BCUT2D eigenvalue weighted by Crippen LogP contribution is -1.98. The first-order chi connectivity index (χ1) is 6.18. The lowest BCUT2D eigenvalue weighted by Gasteiger charge is -1.96. The van der Waals surface area contributed by atoms with E-state index >= 15 is 0 Å². The Bertz CT molecular complexity index is 480. The van der Waals surface area contributed by atoms with Gasteiger partial charge in [-0.05, 0) is 12.1 Å². The van der Waals surface area contributed by atoms with Crippen LogP contribution in [-0.4, -0.2) is 20.7 Å². The molecular formula is C8H8ClN3O2. The van der Waals surface area contributed by atoms with Crippen molar-refractivity contribution in [1.29, 1.82) is 0 Å². The van der Waals surface area contributed by atoms with Crippen LogP contribution in [0.3, 0.4) is 0 Å². The van der Waals surface area contributed by atoms with E-state index in [2.05, 4.69) is 5.10 Å². The van der Waals surface area contributed by atoms with Crippen LogP contribution in [0.25, 0.3) is 5.52 Å². The molecule has 0 bridgehead atoms. The Balaban J connectivity index is 0.000000980. The molecule has 2 aromatic rings. The summed E-state index contributed by atoms with van der Waals surface area (Å²) >= 11 is 0. The number of hydrogen-bond donors (Lipinski definition) is 2. The van der Waals surface area contributed by atoms with E-state index in [4.69, 9.17) is 10.8 Å². The Hall–Kier alpha value is -1.75. The van der Waals surface area contributed by atoms with E-state index < -0.39 is 5.97 Å². The third-order valence-electron chi connectivity index (χ3n) is 1.80. The van der Waals surface area contributed by atoms with Crippen LogP contribution in [0.1, 0.15) is 10.4 Å². The van der Waals surface area contributed by atoms with Gasteiger partial charge in [-0.15, -0.1) is 12.4 Å². The largest absolute Gasteiger partial charge is 0.478 e. The molecule has 2 rings (SSSR count). The number of carbonyl (C=O) groups is 1. The molecule has 0 aliphatic heterocycles. The Labute approximate surface area is 85.6 Å². The van der Waals surface area contributed by atoms with Crippen LogP contribution in [-0.2, 0) is 0 Å². The normalized spacial score (nSPS) is 9.71. The second-order valence-electron chi connectivity index (χ2n) is 2.65. The average molecular weight is 214 g/mol. The number of hydrogen-bond acceptors (Lipinski definition) is 3. The van der Waals surface area contributed by atoms with Gasteiger partial charge < -0.3 is 10.8 Å². The number of carboxylic acids is 1. The minimum atomic E-state index is -0.969. The highest BCUT2D eigenvalue weighted by Crippen LogP contribution is 2.13. The fourth-order valence-electron chi connectivity index (χ4n) is 1.13. The van der Waals surface area contributed by atoms with Crippen LogP contribution < -0.4 is 5.73 Å². The number of aromatic carboxylic acids is 1. The zero-order chi connectivity index (χ0) is 9.42. The Morgan fingerprint density at radius 3 is 2.93 bits per heavy atom. The summed E-state index contributed by atoms with van der Waals surface area (Å²) in [4.78, 5) is 10.6. The van der Waals surface area contributed by atoms with Gasteiger partial charge in [0.25, 0.3) is 0 Å². The number of nitrogens with zero attached hydrogens (tertiary/aromatic N) is 2. The van der Waals surface area contributed by atoms with Crippen molar-refractivity contribution < 1.29 is 9.90 Å². The van der Waals surface area contributed by atoms with Crippen molar-refractivity contribution in [2.75, 3.05) is 5.73 Å². The number of carboxylic acid groups (broad SMARTS) is 1. The summed E-state index contributed by atoms with van der Waals surface area (Å²) < 4.78 is 1.53. The van der Waals surface area contributed by atoms with E-state index in [-0.39, 0.29) is 18.0 Å². The van der Waals surface area contributed by atoms with Crippen molar-refractivity contribution in [1.82, 2.24) is 9.61 Å². The summed E-state index contributed by atoms with van der Waals surface area (Å²) in [5.41, 5.74) is 6.86. The van der Waals surface area contributed by atoms with Gasteiger partial charge in [0.2, 0.25) is 0 Å². The lowest BCUT2D eigenvalue weighted by atomic mass is 10.2. The quantitative estimate of drug-likeness (QED) is 0.742. The molecule has 0 spiro atoms. The molecular weight excluding hydrogens is 206 g/mol. The Kier molecular flexibility index (Phi) is 2.62. The Morgan fingerprint density at radius 1 is 1.57 bits per heavy atom. The summed E-state index contributed by atoms with van der Waals surface area (Å²) in [5.74, 6) is -0.969. The first kappa shape index (κ1) is 10.3. The molecule has 6 heteroatoms. The van der Waals surface area contributed by atoms with Crippen LogP contribution >= 0.6 is 12.4 Å². The van der Waals surface area contributed by atoms with Gasteiger partial charge >= 0.3 is 5.97 Å². The van der Waals surface area contributed by atoms with E-state index in [0.29, 0.717) is 11.2 Å². The third kappa shape index (κ3) is 1.49. The average Bonchev–Trinajstić information content (AvgIpc) is 2.47. The van der Waals surface area contributed by atoms with Gasteiger partial charge in [-0.25, -0.2) is 9.31 Å². The smallest absolute Gasteiger partial charge is 0.335 e. The summed E-state index contributed by atoms with van der Waals surface area (Å²) in [6.07, 6.45) is 3.05. The van der Waals surface area contributed by atoms with Crippen molar-refractivity contribution in [3.8, 4) is 0 Å². The summed E-state index contributed by atoms with van der Waals surface area (Å²) in [7, 11) is 0. The second-order valence-corrected chi connectivity index (χ2v) is 2.65.